The van der Waals surface area contributed by atoms with E-state index in [0.717, 1.165) is 24.8 Å². The molecule has 0 saturated heterocycles. The van der Waals surface area contributed by atoms with Crippen molar-refractivity contribution in [2.45, 2.75) is 25.7 Å². The Morgan fingerprint density at radius 1 is 1.20 bits per heavy atom. The summed E-state index contributed by atoms with van der Waals surface area (Å²) in [5.41, 5.74) is 2.98. The third-order valence-corrected chi connectivity index (χ3v) is 2.69. The summed E-state index contributed by atoms with van der Waals surface area (Å²) in [4.78, 5) is 10.9. The summed E-state index contributed by atoms with van der Waals surface area (Å²) >= 11 is 0. The van der Waals surface area contributed by atoms with Gasteiger partial charge in [0.1, 0.15) is 0 Å². The molecule has 0 heterocycles. The topological polar surface area (TPSA) is 37.3 Å². The third-order valence-electron chi connectivity index (χ3n) is 2.69. The van der Waals surface area contributed by atoms with E-state index >= 15 is 0 Å². The predicted octanol–water partition coefficient (Wildman–Crippen LogP) is 2.79. The van der Waals surface area contributed by atoms with Gasteiger partial charge in [-0.2, -0.15) is 0 Å². The maximum atomic E-state index is 10.9. The Morgan fingerprint density at radius 3 is 2.40 bits per heavy atom. The van der Waals surface area contributed by atoms with E-state index in [0.29, 0.717) is 12.0 Å². The number of rotatable bonds is 4. The van der Waals surface area contributed by atoms with Gasteiger partial charge in [-0.25, -0.2) is 4.79 Å². The van der Waals surface area contributed by atoms with Gasteiger partial charge in [0.25, 0.3) is 0 Å². The first-order valence-electron chi connectivity index (χ1n) is 5.25. The zero-order valence-corrected chi connectivity index (χ0v) is 8.57. The zero-order valence-electron chi connectivity index (χ0n) is 8.57. The fourth-order valence-corrected chi connectivity index (χ4v) is 1.71. The standard InChI is InChI=1S/C13H14O2/c14-13(15)12(11-7-8-11)9-6-10-4-2-1-3-5-10/h1-5H,6-9H2,(H,14,15). The first-order chi connectivity index (χ1) is 7.27. The van der Waals surface area contributed by atoms with Crippen LogP contribution >= 0.6 is 0 Å². The van der Waals surface area contributed by atoms with E-state index in [2.05, 4.69) is 0 Å². The maximum Gasteiger partial charge on any atom is 0.331 e. The van der Waals surface area contributed by atoms with Crippen LogP contribution in [-0.4, -0.2) is 11.1 Å². The number of aryl methyl sites for hydroxylation is 1. The molecule has 1 saturated carbocycles. The minimum Gasteiger partial charge on any atom is -0.478 e. The highest BCUT2D eigenvalue weighted by atomic mass is 16.4. The molecule has 0 amide bonds. The maximum absolute atomic E-state index is 10.9. The van der Waals surface area contributed by atoms with Gasteiger partial charge in [-0.05, 0) is 31.2 Å². The van der Waals surface area contributed by atoms with Crippen molar-refractivity contribution in [3.8, 4) is 0 Å². The second kappa shape index (κ2) is 4.30. The summed E-state index contributed by atoms with van der Waals surface area (Å²) in [6.45, 7) is 0. The molecule has 2 rings (SSSR count). The zero-order chi connectivity index (χ0) is 10.7. The van der Waals surface area contributed by atoms with Crippen LogP contribution in [0.15, 0.2) is 41.5 Å². The SMILES string of the molecule is O=C(O)C(CCc1ccccc1)=C1CC1. The van der Waals surface area contributed by atoms with Crippen molar-refractivity contribution in [3.05, 3.63) is 47.0 Å². The minimum absolute atomic E-state index is 0.638. The highest BCUT2D eigenvalue weighted by molar-refractivity contribution is 5.88. The van der Waals surface area contributed by atoms with Crippen LogP contribution in [0.4, 0.5) is 0 Å². The number of aliphatic carboxylic acids is 1. The second-order valence-electron chi connectivity index (χ2n) is 3.87. The Kier molecular flexibility index (Phi) is 2.86. The van der Waals surface area contributed by atoms with E-state index in [1.54, 1.807) is 0 Å². The lowest BCUT2D eigenvalue weighted by Gasteiger charge is -2.02. The van der Waals surface area contributed by atoms with Crippen LogP contribution in [0.3, 0.4) is 0 Å². The predicted molar refractivity (Wildman–Crippen MR) is 58.7 cm³/mol. The molecule has 1 aromatic rings. The molecule has 0 radical (unpaired) electrons. The normalized spacial score (nSPS) is 13.7. The van der Waals surface area contributed by atoms with Crippen molar-refractivity contribution in [1.82, 2.24) is 0 Å². The van der Waals surface area contributed by atoms with E-state index in [4.69, 9.17) is 5.11 Å². The van der Waals surface area contributed by atoms with Gasteiger partial charge >= 0.3 is 5.97 Å². The first kappa shape index (κ1) is 9.97. The van der Waals surface area contributed by atoms with Gasteiger partial charge in [0.05, 0.1) is 0 Å². The number of hydrogen-bond acceptors (Lipinski definition) is 1. The van der Waals surface area contributed by atoms with Crippen molar-refractivity contribution < 1.29 is 9.90 Å². The van der Waals surface area contributed by atoms with Crippen LogP contribution < -0.4 is 0 Å². The smallest absolute Gasteiger partial charge is 0.331 e. The molecule has 0 unspecified atom stereocenters. The number of hydrogen-bond donors (Lipinski definition) is 1. The second-order valence-corrected chi connectivity index (χ2v) is 3.87. The lowest BCUT2D eigenvalue weighted by Crippen LogP contribution is -2.02. The average molecular weight is 202 g/mol. The van der Waals surface area contributed by atoms with Gasteiger partial charge < -0.3 is 5.11 Å². The molecule has 1 fully saturated rings. The molecule has 1 aliphatic rings. The van der Waals surface area contributed by atoms with Gasteiger partial charge in [0, 0.05) is 5.57 Å². The third kappa shape index (κ3) is 2.69. The molecule has 15 heavy (non-hydrogen) atoms. The van der Waals surface area contributed by atoms with Crippen LogP contribution in [0.1, 0.15) is 24.8 Å². The minimum atomic E-state index is -0.738. The fourth-order valence-electron chi connectivity index (χ4n) is 1.71. The molecule has 1 aromatic carbocycles. The van der Waals surface area contributed by atoms with Crippen molar-refractivity contribution in [3.63, 3.8) is 0 Å². The number of allylic oxidation sites excluding steroid dienone is 1. The Labute approximate surface area is 89.2 Å². The molecule has 1 aliphatic carbocycles. The summed E-state index contributed by atoms with van der Waals surface area (Å²) in [6.07, 6.45) is 3.45. The monoisotopic (exact) mass is 202 g/mol. The van der Waals surface area contributed by atoms with Gasteiger partial charge in [-0.3, -0.25) is 0 Å². The summed E-state index contributed by atoms with van der Waals surface area (Å²) in [5, 5.41) is 9.00. The van der Waals surface area contributed by atoms with Crippen molar-refractivity contribution in [1.29, 1.82) is 0 Å². The molecule has 78 valence electrons. The van der Waals surface area contributed by atoms with E-state index in [1.807, 2.05) is 30.3 Å². The molecule has 0 aliphatic heterocycles. The number of benzene rings is 1. The average Bonchev–Trinajstić information content (AvgIpc) is 3.03. The summed E-state index contributed by atoms with van der Waals surface area (Å²) in [5.74, 6) is -0.738. The van der Waals surface area contributed by atoms with E-state index in [9.17, 15) is 4.79 Å². The Balaban J connectivity index is 1.98. The van der Waals surface area contributed by atoms with E-state index < -0.39 is 5.97 Å². The molecule has 1 N–H and O–H groups in total. The van der Waals surface area contributed by atoms with Crippen LogP contribution in [0.25, 0.3) is 0 Å². The summed E-state index contributed by atoms with van der Waals surface area (Å²) in [6, 6.07) is 10.0. The molecule has 2 nitrogen and oxygen atoms in total. The van der Waals surface area contributed by atoms with Crippen LogP contribution in [0.5, 0.6) is 0 Å². The molecular weight excluding hydrogens is 188 g/mol. The number of carbonyl (C=O) groups is 1. The van der Waals surface area contributed by atoms with E-state index in [1.165, 1.54) is 5.56 Å². The first-order valence-corrected chi connectivity index (χ1v) is 5.25. The molecular formula is C13H14O2. The van der Waals surface area contributed by atoms with Crippen LogP contribution in [0.2, 0.25) is 0 Å². The quantitative estimate of drug-likeness (QED) is 0.762. The van der Waals surface area contributed by atoms with E-state index in [-0.39, 0.29) is 0 Å². The largest absolute Gasteiger partial charge is 0.478 e. The lowest BCUT2D eigenvalue weighted by molar-refractivity contribution is -0.132. The molecule has 0 atom stereocenters. The van der Waals surface area contributed by atoms with Crippen LogP contribution in [-0.2, 0) is 11.2 Å². The Bertz CT molecular complexity index is 384. The molecule has 0 bridgehead atoms. The number of carboxylic acids is 1. The number of carboxylic acid groups (broad SMARTS) is 1. The van der Waals surface area contributed by atoms with Gasteiger partial charge in [-0.15, -0.1) is 0 Å². The molecule has 0 aromatic heterocycles. The van der Waals surface area contributed by atoms with Gasteiger partial charge in [-0.1, -0.05) is 35.9 Å². The Hall–Kier alpha value is -1.57. The highest BCUT2D eigenvalue weighted by Gasteiger charge is 2.21. The van der Waals surface area contributed by atoms with Crippen molar-refractivity contribution >= 4 is 5.97 Å². The summed E-state index contributed by atoms with van der Waals surface area (Å²) < 4.78 is 0. The molecule has 2 heteroatoms. The van der Waals surface area contributed by atoms with Crippen molar-refractivity contribution in [2.75, 3.05) is 0 Å². The Morgan fingerprint density at radius 2 is 1.87 bits per heavy atom. The fraction of sp³-hybridized carbons (Fsp3) is 0.308. The van der Waals surface area contributed by atoms with Gasteiger partial charge in [0.2, 0.25) is 0 Å². The highest BCUT2D eigenvalue weighted by Crippen LogP contribution is 2.33. The molecule has 0 spiro atoms. The van der Waals surface area contributed by atoms with Crippen LogP contribution in [0, 0.1) is 0 Å². The lowest BCUT2D eigenvalue weighted by atomic mass is 10.0. The summed E-state index contributed by atoms with van der Waals surface area (Å²) in [7, 11) is 0. The van der Waals surface area contributed by atoms with Gasteiger partial charge in [0.15, 0.2) is 0 Å². The van der Waals surface area contributed by atoms with Crippen molar-refractivity contribution in [2.24, 2.45) is 0 Å².